The van der Waals surface area contributed by atoms with Crippen LogP contribution >= 0.6 is 23.2 Å². The van der Waals surface area contributed by atoms with Crippen LogP contribution in [0.1, 0.15) is 29.5 Å². The lowest BCUT2D eigenvalue weighted by atomic mass is 10.2. The molecule has 0 aliphatic rings. The van der Waals surface area contributed by atoms with Crippen molar-refractivity contribution >= 4 is 28.4 Å². The normalized spacial score (nSPS) is 10.5. The summed E-state index contributed by atoms with van der Waals surface area (Å²) < 4.78 is 1.42. The molecule has 1 aromatic rings. The molecular weight excluding hydrogens is 211 g/mol. The highest BCUT2D eigenvalue weighted by atomic mass is 35.5. The fourth-order valence-electron chi connectivity index (χ4n) is 1.16. The molecule has 5 heteroatoms. The van der Waals surface area contributed by atoms with Crippen molar-refractivity contribution in [1.29, 1.82) is 0 Å². The van der Waals surface area contributed by atoms with Gasteiger partial charge in [-0.2, -0.15) is 5.10 Å². The lowest BCUT2D eigenvalue weighted by Crippen LogP contribution is -2.01. The van der Waals surface area contributed by atoms with E-state index in [9.17, 15) is 4.79 Å². The second kappa shape index (κ2) is 4.11. The van der Waals surface area contributed by atoms with E-state index in [1.807, 2.05) is 6.92 Å². The maximum atomic E-state index is 10.9. The van der Waals surface area contributed by atoms with Gasteiger partial charge in [0.2, 0.25) is 0 Å². The Balaban J connectivity index is 3.14. The molecule has 0 unspecified atom stereocenters. The van der Waals surface area contributed by atoms with Crippen LogP contribution in [0.5, 0.6) is 0 Å². The first-order valence-corrected chi connectivity index (χ1v) is 4.74. The highest BCUT2D eigenvalue weighted by Crippen LogP contribution is 2.22. The molecule has 0 aliphatic heterocycles. The average molecular weight is 221 g/mol. The number of hydrogen-bond donors (Lipinski definition) is 0. The van der Waals surface area contributed by atoms with Crippen LogP contribution in [-0.2, 0) is 13.5 Å². The van der Waals surface area contributed by atoms with E-state index in [0.29, 0.717) is 5.02 Å². The van der Waals surface area contributed by atoms with Gasteiger partial charge in [-0.1, -0.05) is 24.9 Å². The third kappa shape index (κ3) is 2.03. The Morgan fingerprint density at radius 1 is 1.62 bits per heavy atom. The number of nitrogens with zero attached hydrogens (tertiary/aromatic N) is 2. The number of aromatic nitrogens is 2. The van der Waals surface area contributed by atoms with Crippen LogP contribution in [0.4, 0.5) is 0 Å². The largest absolute Gasteiger partial charge is 0.274 e. The van der Waals surface area contributed by atoms with Gasteiger partial charge in [-0.05, 0) is 18.0 Å². The molecule has 0 fully saturated rings. The van der Waals surface area contributed by atoms with E-state index in [1.54, 1.807) is 7.05 Å². The third-order valence-corrected chi connectivity index (χ3v) is 2.30. The monoisotopic (exact) mass is 220 g/mol. The Morgan fingerprint density at radius 3 is 2.62 bits per heavy atom. The molecule has 1 rings (SSSR count). The second-order valence-corrected chi connectivity index (χ2v) is 3.48. The Bertz CT molecular complexity index is 333. The highest BCUT2D eigenvalue weighted by Gasteiger charge is 2.17. The van der Waals surface area contributed by atoms with E-state index < -0.39 is 5.24 Å². The van der Waals surface area contributed by atoms with Gasteiger partial charge >= 0.3 is 0 Å². The predicted octanol–water partition coefficient (Wildman–Crippen LogP) is 2.41. The molecule has 0 saturated heterocycles. The fraction of sp³-hybridized carbons (Fsp3) is 0.500. The van der Waals surface area contributed by atoms with Gasteiger partial charge in [0, 0.05) is 7.05 Å². The van der Waals surface area contributed by atoms with Crippen LogP contribution in [0, 0.1) is 0 Å². The molecule has 0 amide bonds. The van der Waals surface area contributed by atoms with Gasteiger partial charge in [-0.25, -0.2) is 0 Å². The summed E-state index contributed by atoms with van der Waals surface area (Å²) >= 11 is 11.3. The summed E-state index contributed by atoms with van der Waals surface area (Å²) in [7, 11) is 1.65. The summed E-state index contributed by atoms with van der Waals surface area (Å²) in [6.07, 6.45) is 1.70. The molecule has 72 valence electrons. The maximum absolute atomic E-state index is 10.9. The molecule has 0 aliphatic carbocycles. The highest BCUT2D eigenvalue weighted by molar-refractivity contribution is 6.68. The molecule has 1 heterocycles. The number of halogens is 2. The first-order chi connectivity index (χ1) is 6.07. The molecule has 0 radical (unpaired) electrons. The van der Waals surface area contributed by atoms with Crippen LogP contribution < -0.4 is 0 Å². The lowest BCUT2D eigenvalue weighted by molar-refractivity contribution is 0.107. The van der Waals surface area contributed by atoms with Crippen molar-refractivity contribution in [2.24, 2.45) is 7.05 Å². The van der Waals surface area contributed by atoms with Gasteiger partial charge in [0.05, 0.1) is 10.7 Å². The maximum Gasteiger partial charge on any atom is 0.272 e. The van der Waals surface area contributed by atoms with Gasteiger partial charge in [-0.3, -0.25) is 9.48 Å². The van der Waals surface area contributed by atoms with Crippen molar-refractivity contribution in [1.82, 2.24) is 9.78 Å². The van der Waals surface area contributed by atoms with Crippen molar-refractivity contribution in [2.75, 3.05) is 0 Å². The summed E-state index contributed by atoms with van der Waals surface area (Å²) in [5, 5.41) is 3.91. The van der Waals surface area contributed by atoms with Crippen LogP contribution in [-0.4, -0.2) is 15.0 Å². The van der Waals surface area contributed by atoms with Crippen molar-refractivity contribution < 1.29 is 4.79 Å². The van der Waals surface area contributed by atoms with Crippen LogP contribution in [0.15, 0.2) is 0 Å². The van der Waals surface area contributed by atoms with Crippen LogP contribution in [0.3, 0.4) is 0 Å². The lowest BCUT2D eigenvalue weighted by Gasteiger charge is -1.92. The predicted molar refractivity (Wildman–Crippen MR) is 52.4 cm³/mol. The molecule has 1 aromatic heterocycles. The van der Waals surface area contributed by atoms with E-state index in [1.165, 1.54) is 4.68 Å². The van der Waals surface area contributed by atoms with Crippen molar-refractivity contribution in [3.8, 4) is 0 Å². The minimum absolute atomic E-state index is 0.270. The summed E-state index contributed by atoms with van der Waals surface area (Å²) in [5.41, 5.74) is 1.00. The number of aryl methyl sites for hydroxylation is 2. The first kappa shape index (κ1) is 10.5. The minimum Gasteiger partial charge on any atom is -0.274 e. The Kier molecular flexibility index (Phi) is 3.33. The van der Waals surface area contributed by atoms with Gasteiger partial charge in [0.25, 0.3) is 5.24 Å². The quantitative estimate of drug-likeness (QED) is 0.734. The van der Waals surface area contributed by atoms with Crippen molar-refractivity contribution in [3.63, 3.8) is 0 Å². The zero-order valence-corrected chi connectivity index (χ0v) is 8.98. The average Bonchev–Trinajstić information content (AvgIpc) is 2.28. The molecule has 0 spiro atoms. The van der Waals surface area contributed by atoms with Crippen molar-refractivity contribution in [3.05, 3.63) is 16.4 Å². The Hall–Kier alpha value is -0.540. The van der Waals surface area contributed by atoms with E-state index in [-0.39, 0.29) is 5.69 Å². The zero-order valence-electron chi connectivity index (χ0n) is 7.47. The van der Waals surface area contributed by atoms with Gasteiger partial charge < -0.3 is 0 Å². The number of carbonyl (C=O) groups is 1. The van der Waals surface area contributed by atoms with Gasteiger partial charge in [0.1, 0.15) is 5.69 Å². The summed E-state index contributed by atoms with van der Waals surface area (Å²) in [6, 6.07) is 0. The third-order valence-electron chi connectivity index (χ3n) is 1.73. The van der Waals surface area contributed by atoms with E-state index in [4.69, 9.17) is 23.2 Å². The number of carbonyl (C=O) groups excluding carboxylic acids is 1. The molecule has 3 nitrogen and oxygen atoms in total. The zero-order chi connectivity index (χ0) is 10.0. The molecule has 0 bridgehead atoms. The van der Waals surface area contributed by atoms with E-state index in [2.05, 4.69) is 5.10 Å². The van der Waals surface area contributed by atoms with E-state index in [0.717, 1.165) is 18.5 Å². The molecule has 13 heavy (non-hydrogen) atoms. The standard InChI is InChI=1S/C8H10Cl2N2O/c1-3-4-5-6(9)7(8(10)13)12(2)11-5/h3-4H2,1-2H3. The second-order valence-electron chi connectivity index (χ2n) is 2.76. The summed E-state index contributed by atoms with van der Waals surface area (Å²) in [6.45, 7) is 2.02. The Morgan fingerprint density at radius 2 is 2.23 bits per heavy atom. The molecule has 0 N–H and O–H groups in total. The van der Waals surface area contributed by atoms with Gasteiger partial charge in [0.15, 0.2) is 0 Å². The fourth-order valence-corrected chi connectivity index (χ4v) is 1.77. The summed E-state index contributed by atoms with van der Waals surface area (Å²) in [4.78, 5) is 10.9. The summed E-state index contributed by atoms with van der Waals surface area (Å²) in [5.74, 6) is 0. The number of rotatable bonds is 3. The van der Waals surface area contributed by atoms with Gasteiger partial charge in [-0.15, -0.1) is 0 Å². The van der Waals surface area contributed by atoms with E-state index >= 15 is 0 Å². The molecule has 0 aromatic carbocycles. The SMILES string of the molecule is CCCc1nn(C)c(C(=O)Cl)c1Cl. The van der Waals surface area contributed by atoms with Crippen molar-refractivity contribution in [2.45, 2.75) is 19.8 Å². The smallest absolute Gasteiger partial charge is 0.272 e. The minimum atomic E-state index is -0.567. The molecular formula is C8H10Cl2N2O. The van der Waals surface area contributed by atoms with Crippen LogP contribution in [0.2, 0.25) is 5.02 Å². The molecule has 0 saturated carbocycles. The van der Waals surface area contributed by atoms with Crippen LogP contribution in [0.25, 0.3) is 0 Å². The molecule has 0 atom stereocenters. The number of hydrogen-bond acceptors (Lipinski definition) is 2. The first-order valence-electron chi connectivity index (χ1n) is 3.99. The topological polar surface area (TPSA) is 34.9 Å². The Labute approximate surface area is 86.6 Å².